The molecule has 0 heterocycles. The van der Waals surface area contributed by atoms with Crippen molar-refractivity contribution in [2.24, 2.45) is 23.7 Å². The molecule has 4 saturated carbocycles. The molecule has 19 heavy (non-hydrogen) atoms. The number of carboxylic acids is 1. The minimum atomic E-state index is -0.645. The fraction of sp³-hybridized carbons (Fsp3) is 0.938. The summed E-state index contributed by atoms with van der Waals surface area (Å²) in [5.41, 5.74) is 0.197. The summed E-state index contributed by atoms with van der Waals surface area (Å²) in [5, 5.41) is 9.57. The van der Waals surface area contributed by atoms with E-state index in [9.17, 15) is 9.90 Å². The third kappa shape index (κ3) is 2.10. The summed E-state index contributed by atoms with van der Waals surface area (Å²) in [4.78, 5) is 13.9. The molecule has 0 aromatic carbocycles. The van der Waals surface area contributed by atoms with Crippen LogP contribution in [0.2, 0.25) is 0 Å². The van der Waals surface area contributed by atoms with Crippen LogP contribution in [0.1, 0.15) is 52.4 Å². The maximum absolute atomic E-state index is 11.6. The molecule has 108 valence electrons. The van der Waals surface area contributed by atoms with Crippen LogP contribution in [0.25, 0.3) is 0 Å². The van der Waals surface area contributed by atoms with Gasteiger partial charge in [0.15, 0.2) is 0 Å². The van der Waals surface area contributed by atoms with Gasteiger partial charge in [0.2, 0.25) is 0 Å². The van der Waals surface area contributed by atoms with Gasteiger partial charge >= 0.3 is 5.97 Å². The van der Waals surface area contributed by atoms with Crippen molar-refractivity contribution in [3.05, 3.63) is 0 Å². The predicted octanol–water partition coefficient (Wildman–Crippen LogP) is 3.00. The van der Waals surface area contributed by atoms with E-state index in [0.29, 0.717) is 0 Å². The van der Waals surface area contributed by atoms with E-state index in [1.165, 1.54) is 38.5 Å². The lowest BCUT2D eigenvalue weighted by molar-refractivity contribution is -0.155. The van der Waals surface area contributed by atoms with Gasteiger partial charge in [0, 0.05) is 5.54 Å². The lowest BCUT2D eigenvalue weighted by atomic mass is 9.52. The molecule has 3 nitrogen and oxygen atoms in total. The van der Waals surface area contributed by atoms with Crippen LogP contribution in [0.3, 0.4) is 0 Å². The van der Waals surface area contributed by atoms with Crippen molar-refractivity contribution >= 4 is 5.97 Å². The zero-order chi connectivity index (χ0) is 13.8. The van der Waals surface area contributed by atoms with Gasteiger partial charge in [0.1, 0.15) is 6.04 Å². The van der Waals surface area contributed by atoms with Crippen LogP contribution in [0.15, 0.2) is 0 Å². The first-order valence-corrected chi connectivity index (χ1v) is 7.87. The maximum atomic E-state index is 11.6. The van der Waals surface area contributed by atoms with Crippen molar-refractivity contribution in [3.8, 4) is 0 Å². The molecule has 0 saturated heterocycles. The van der Waals surface area contributed by atoms with Gasteiger partial charge in [-0.3, -0.25) is 9.69 Å². The Labute approximate surface area is 116 Å². The van der Waals surface area contributed by atoms with Crippen LogP contribution >= 0.6 is 0 Å². The van der Waals surface area contributed by atoms with Crippen molar-refractivity contribution in [1.29, 1.82) is 0 Å². The molecular weight excluding hydrogens is 238 g/mol. The zero-order valence-corrected chi connectivity index (χ0v) is 12.4. The molecule has 4 rings (SSSR count). The van der Waals surface area contributed by atoms with E-state index < -0.39 is 5.97 Å². The molecule has 4 aliphatic rings. The van der Waals surface area contributed by atoms with Gasteiger partial charge in [-0.1, -0.05) is 13.8 Å². The second-order valence-electron chi connectivity index (χ2n) is 7.78. The lowest BCUT2D eigenvalue weighted by Gasteiger charge is -2.61. The third-order valence-electron chi connectivity index (χ3n) is 6.06. The molecule has 4 aliphatic carbocycles. The number of hydrogen-bond donors (Lipinski definition) is 1. The number of carbonyl (C=O) groups is 1. The molecule has 1 unspecified atom stereocenters. The van der Waals surface area contributed by atoms with Gasteiger partial charge in [0.05, 0.1) is 0 Å². The topological polar surface area (TPSA) is 40.5 Å². The Morgan fingerprint density at radius 3 is 1.84 bits per heavy atom. The van der Waals surface area contributed by atoms with E-state index in [-0.39, 0.29) is 17.5 Å². The van der Waals surface area contributed by atoms with Crippen LogP contribution in [0.4, 0.5) is 0 Å². The summed E-state index contributed by atoms with van der Waals surface area (Å²) < 4.78 is 0. The molecule has 1 atom stereocenters. The van der Waals surface area contributed by atoms with Crippen molar-refractivity contribution < 1.29 is 9.90 Å². The zero-order valence-electron chi connectivity index (χ0n) is 12.4. The van der Waals surface area contributed by atoms with Gasteiger partial charge in [-0.2, -0.15) is 0 Å². The Balaban J connectivity index is 1.86. The van der Waals surface area contributed by atoms with Gasteiger partial charge < -0.3 is 5.11 Å². The Bertz CT molecular complexity index is 342. The second kappa shape index (κ2) is 4.47. The van der Waals surface area contributed by atoms with E-state index >= 15 is 0 Å². The van der Waals surface area contributed by atoms with Gasteiger partial charge in [-0.25, -0.2) is 0 Å². The normalized spacial score (nSPS) is 42.1. The average molecular weight is 265 g/mol. The Morgan fingerprint density at radius 1 is 1.11 bits per heavy atom. The molecule has 3 heteroatoms. The van der Waals surface area contributed by atoms with Crippen LogP contribution in [-0.4, -0.2) is 34.6 Å². The maximum Gasteiger partial charge on any atom is 0.321 e. The van der Waals surface area contributed by atoms with Gasteiger partial charge in [-0.05, 0) is 69.2 Å². The molecule has 0 radical (unpaired) electrons. The van der Waals surface area contributed by atoms with E-state index in [1.807, 2.05) is 13.8 Å². The summed E-state index contributed by atoms with van der Waals surface area (Å²) in [5.74, 6) is 2.14. The van der Waals surface area contributed by atoms with Crippen LogP contribution in [-0.2, 0) is 4.79 Å². The summed E-state index contributed by atoms with van der Waals surface area (Å²) in [7, 11) is 2.08. The Morgan fingerprint density at radius 2 is 1.53 bits per heavy atom. The molecular formula is C16H27NO2. The monoisotopic (exact) mass is 265 g/mol. The lowest BCUT2D eigenvalue weighted by Crippen LogP contribution is -2.63. The number of rotatable bonds is 4. The van der Waals surface area contributed by atoms with Crippen LogP contribution in [0.5, 0.6) is 0 Å². The summed E-state index contributed by atoms with van der Waals surface area (Å²) in [6, 6.07) is -0.323. The minimum Gasteiger partial charge on any atom is -0.480 e. The molecule has 0 aromatic rings. The third-order valence-corrected chi connectivity index (χ3v) is 6.06. The van der Waals surface area contributed by atoms with E-state index in [1.54, 1.807) is 0 Å². The highest BCUT2D eigenvalue weighted by atomic mass is 16.4. The summed E-state index contributed by atoms with van der Waals surface area (Å²) in [6.07, 6.45) is 7.95. The van der Waals surface area contributed by atoms with Crippen molar-refractivity contribution in [1.82, 2.24) is 4.90 Å². The number of nitrogens with zero attached hydrogens (tertiary/aromatic N) is 1. The summed E-state index contributed by atoms with van der Waals surface area (Å²) in [6.45, 7) is 4.07. The number of likely N-dealkylation sites (N-methyl/N-ethyl adjacent to an activating group) is 1. The Kier molecular flexibility index (Phi) is 3.16. The van der Waals surface area contributed by atoms with Gasteiger partial charge in [-0.15, -0.1) is 0 Å². The summed E-state index contributed by atoms with van der Waals surface area (Å²) >= 11 is 0. The highest BCUT2D eigenvalue weighted by Crippen LogP contribution is 2.58. The number of hydrogen-bond acceptors (Lipinski definition) is 2. The molecule has 4 fully saturated rings. The standard InChI is InChI=1S/C16H27NO2/c1-10(2)14(15(18)19)17(3)16-7-11-4-12(8-16)6-13(5-11)9-16/h10-14H,4-9H2,1-3H3,(H,18,19). The number of aliphatic carboxylic acids is 1. The minimum absolute atomic E-state index is 0.176. The fourth-order valence-electron chi connectivity index (χ4n) is 5.69. The van der Waals surface area contributed by atoms with Crippen LogP contribution in [0, 0.1) is 23.7 Å². The molecule has 0 aliphatic heterocycles. The SMILES string of the molecule is CC(C)C(C(=O)O)N(C)C12CC3CC(CC(C3)C1)C2. The smallest absolute Gasteiger partial charge is 0.321 e. The first kappa shape index (κ1) is 13.4. The highest BCUT2D eigenvalue weighted by Gasteiger charge is 2.54. The van der Waals surface area contributed by atoms with Gasteiger partial charge in [0.25, 0.3) is 0 Å². The second-order valence-corrected chi connectivity index (χ2v) is 7.78. The number of carboxylic acid groups (broad SMARTS) is 1. The highest BCUT2D eigenvalue weighted by molar-refractivity contribution is 5.74. The van der Waals surface area contributed by atoms with E-state index in [2.05, 4.69) is 11.9 Å². The van der Waals surface area contributed by atoms with Crippen molar-refractivity contribution in [2.75, 3.05) is 7.05 Å². The average Bonchev–Trinajstić information content (AvgIpc) is 2.25. The Hall–Kier alpha value is -0.570. The largest absolute Gasteiger partial charge is 0.480 e. The fourth-order valence-corrected chi connectivity index (χ4v) is 5.69. The van der Waals surface area contributed by atoms with E-state index in [0.717, 1.165) is 17.8 Å². The predicted molar refractivity (Wildman–Crippen MR) is 74.9 cm³/mol. The van der Waals surface area contributed by atoms with Crippen molar-refractivity contribution in [2.45, 2.75) is 64.0 Å². The quantitative estimate of drug-likeness (QED) is 0.849. The van der Waals surface area contributed by atoms with E-state index in [4.69, 9.17) is 0 Å². The molecule has 1 N–H and O–H groups in total. The first-order valence-electron chi connectivity index (χ1n) is 7.87. The molecule has 0 amide bonds. The molecule has 0 spiro atoms. The molecule has 4 bridgehead atoms. The van der Waals surface area contributed by atoms with Crippen molar-refractivity contribution in [3.63, 3.8) is 0 Å². The first-order chi connectivity index (χ1) is 8.91. The molecule has 0 aromatic heterocycles. The van der Waals surface area contributed by atoms with Crippen LogP contribution < -0.4 is 0 Å².